The summed E-state index contributed by atoms with van der Waals surface area (Å²) in [4.78, 5) is -0.231. The second-order valence-corrected chi connectivity index (χ2v) is 8.82. The molecule has 0 aliphatic carbocycles. The van der Waals surface area contributed by atoms with Crippen LogP contribution >= 0.6 is 0 Å². The largest absolute Gasteiger partial charge is 1.00 e. The molecule has 2 aromatic carbocycles. The Balaban J connectivity index is 0.00000450. The molecule has 0 heterocycles. The molecule has 2 aromatic rings. The van der Waals surface area contributed by atoms with Gasteiger partial charge in [-0.1, -0.05) is 76.0 Å². The van der Waals surface area contributed by atoms with Gasteiger partial charge in [-0.3, -0.25) is 4.55 Å². The maximum Gasteiger partial charge on any atom is 1.00 e. The van der Waals surface area contributed by atoms with Gasteiger partial charge in [0.25, 0.3) is 10.1 Å². The maximum absolute atomic E-state index is 12.1. The zero-order chi connectivity index (χ0) is 21.1. The molecule has 0 amide bonds. The van der Waals surface area contributed by atoms with Crippen molar-refractivity contribution < 1.29 is 74.2 Å². The van der Waals surface area contributed by atoms with Crippen LogP contribution in [-0.4, -0.2) is 13.0 Å². The first-order chi connectivity index (χ1) is 13.9. The van der Waals surface area contributed by atoms with Crippen LogP contribution in [0.15, 0.2) is 47.4 Å². The van der Waals surface area contributed by atoms with E-state index in [-0.39, 0.29) is 67.8 Å². The van der Waals surface area contributed by atoms with Crippen molar-refractivity contribution in [3.8, 4) is 17.2 Å². The van der Waals surface area contributed by atoms with E-state index in [1.807, 2.05) is 0 Å². The molecule has 2 rings (SSSR count). The standard InChI is InChI=1S/C23H32O5S.K/c1-2-3-4-5-6-7-8-9-10-12-19-17-21(15-16-23(19)24)28-20-13-11-14-22(18-20)29(25,26)27;/h11,13-18,24H,2-10,12H2,1H3,(H,25,26,27);/q;+1/p-1. The zero-order valence-corrected chi connectivity index (χ0v) is 22.0. The van der Waals surface area contributed by atoms with Gasteiger partial charge >= 0.3 is 51.4 Å². The molecule has 160 valence electrons. The number of benzene rings is 2. The minimum atomic E-state index is -4.29. The van der Waals surface area contributed by atoms with Crippen molar-refractivity contribution in [1.82, 2.24) is 0 Å². The summed E-state index contributed by atoms with van der Waals surface area (Å²) in [5.74, 6) is 0.749. The fourth-order valence-electron chi connectivity index (χ4n) is 3.28. The van der Waals surface area contributed by atoms with Gasteiger partial charge in [0.1, 0.15) is 11.5 Å². The molecule has 0 aliphatic heterocycles. The van der Waals surface area contributed by atoms with Crippen molar-refractivity contribution >= 4 is 10.1 Å². The number of hydrogen-bond acceptors (Lipinski definition) is 4. The summed E-state index contributed by atoms with van der Waals surface area (Å²) in [7, 11) is -4.29. The van der Waals surface area contributed by atoms with E-state index in [9.17, 15) is 13.5 Å². The van der Waals surface area contributed by atoms with Crippen molar-refractivity contribution in [2.24, 2.45) is 0 Å². The molecule has 0 saturated heterocycles. The van der Waals surface area contributed by atoms with Crippen molar-refractivity contribution in [3.05, 3.63) is 48.0 Å². The molecule has 1 N–H and O–H groups in total. The molecule has 0 fully saturated rings. The van der Waals surface area contributed by atoms with Gasteiger partial charge in [-0.15, -0.1) is 5.75 Å². The molecular formula is C23H31KO5S. The van der Waals surface area contributed by atoms with Gasteiger partial charge in [0.2, 0.25) is 0 Å². The van der Waals surface area contributed by atoms with Crippen molar-refractivity contribution in [3.63, 3.8) is 0 Å². The van der Waals surface area contributed by atoms with E-state index in [1.54, 1.807) is 18.2 Å². The number of rotatable bonds is 13. The average molecular weight is 459 g/mol. The van der Waals surface area contributed by atoms with E-state index in [0.717, 1.165) is 12.8 Å². The summed E-state index contributed by atoms with van der Waals surface area (Å²) in [5.41, 5.74) is 0.705. The van der Waals surface area contributed by atoms with E-state index in [0.29, 0.717) is 17.7 Å². The number of unbranched alkanes of at least 4 members (excludes halogenated alkanes) is 8. The molecule has 0 bridgehead atoms. The smallest absolute Gasteiger partial charge is 0.872 e. The van der Waals surface area contributed by atoms with Gasteiger partial charge in [-0.25, -0.2) is 0 Å². The van der Waals surface area contributed by atoms with Crippen LogP contribution < -0.4 is 61.2 Å². The topological polar surface area (TPSA) is 86.7 Å². The van der Waals surface area contributed by atoms with Gasteiger partial charge in [-0.05, 0) is 37.1 Å². The van der Waals surface area contributed by atoms with Crippen LogP contribution in [0.2, 0.25) is 0 Å². The Kier molecular flexibility index (Phi) is 13.5. The molecule has 0 aromatic heterocycles. The Morgan fingerprint density at radius 2 is 1.47 bits per heavy atom. The van der Waals surface area contributed by atoms with Crippen LogP contribution in [0.1, 0.15) is 70.3 Å². The van der Waals surface area contributed by atoms with Crippen molar-refractivity contribution in [1.29, 1.82) is 0 Å². The van der Waals surface area contributed by atoms with Gasteiger partial charge in [0.05, 0.1) is 4.90 Å². The summed E-state index contributed by atoms with van der Waals surface area (Å²) >= 11 is 0. The quantitative estimate of drug-likeness (QED) is 0.283. The molecule has 0 saturated carbocycles. The van der Waals surface area contributed by atoms with E-state index in [1.165, 1.54) is 69.2 Å². The first-order valence-corrected chi connectivity index (χ1v) is 11.9. The summed E-state index contributed by atoms with van der Waals surface area (Å²) in [5, 5.41) is 12.1. The molecule has 7 heteroatoms. The van der Waals surface area contributed by atoms with Crippen LogP contribution in [0, 0.1) is 0 Å². The van der Waals surface area contributed by atoms with E-state index < -0.39 is 10.1 Å². The third kappa shape index (κ3) is 10.3. The van der Waals surface area contributed by atoms with Crippen LogP contribution in [0.25, 0.3) is 0 Å². The average Bonchev–Trinajstić information content (AvgIpc) is 2.68. The Bertz CT molecular complexity index is 868. The van der Waals surface area contributed by atoms with Crippen molar-refractivity contribution in [2.45, 2.75) is 76.0 Å². The van der Waals surface area contributed by atoms with E-state index >= 15 is 0 Å². The molecule has 30 heavy (non-hydrogen) atoms. The van der Waals surface area contributed by atoms with Gasteiger partial charge in [0, 0.05) is 6.07 Å². The first-order valence-electron chi connectivity index (χ1n) is 10.5. The molecule has 0 unspecified atom stereocenters. The van der Waals surface area contributed by atoms with E-state index in [2.05, 4.69) is 6.92 Å². The van der Waals surface area contributed by atoms with Gasteiger partial charge < -0.3 is 9.84 Å². The van der Waals surface area contributed by atoms with Crippen LogP contribution in [0.3, 0.4) is 0 Å². The number of hydrogen-bond donors (Lipinski definition) is 1. The summed E-state index contributed by atoms with van der Waals surface area (Å²) < 4.78 is 37.3. The molecular weight excluding hydrogens is 427 g/mol. The molecule has 0 aliphatic rings. The Morgan fingerprint density at radius 1 is 0.867 bits per heavy atom. The first kappa shape index (κ1) is 27.6. The summed E-state index contributed by atoms with van der Waals surface area (Å²) in [6.45, 7) is 2.22. The molecule has 5 nitrogen and oxygen atoms in total. The predicted molar refractivity (Wildman–Crippen MR) is 113 cm³/mol. The Morgan fingerprint density at radius 3 is 2.10 bits per heavy atom. The minimum Gasteiger partial charge on any atom is -0.872 e. The fourth-order valence-corrected chi connectivity index (χ4v) is 3.79. The maximum atomic E-state index is 12.1. The SMILES string of the molecule is CCCCCCCCCCCc1cc(Oc2cccc(S(=O)(=O)O)c2)ccc1[O-].[K+]. The number of ether oxygens (including phenoxy) is 1. The van der Waals surface area contributed by atoms with Crippen LogP contribution in [0.4, 0.5) is 0 Å². The Labute approximate surface area is 223 Å². The minimum absolute atomic E-state index is 0. The van der Waals surface area contributed by atoms with E-state index in [4.69, 9.17) is 9.29 Å². The number of aryl methyl sites for hydroxylation is 1. The summed E-state index contributed by atoms with van der Waals surface area (Å²) in [6, 6.07) is 10.4. The Hall–Kier alpha value is -0.414. The van der Waals surface area contributed by atoms with Gasteiger partial charge in [-0.2, -0.15) is 8.42 Å². The third-order valence-electron chi connectivity index (χ3n) is 4.92. The van der Waals surface area contributed by atoms with Crippen LogP contribution in [0.5, 0.6) is 17.2 Å². The van der Waals surface area contributed by atoms with Gasteiger partial charge in [0.15, 0.2) is 0 Å². The predicted octanol–water partition coefficient (Wildman–Crippen LogP) is 2.88. The normalized spacial score (nSPS) is 11.1. The van der Waals surface area contributed by atoms with Crippen molar-refractivity contribution in [2.75, 3.05) is 0 Å². The zero-order valence-electron chi connectivity index (χ0n) is 18.1. The monoisotopic (exact) mass is 458 g/mol. The molecule has 0 spiro atoms. The fraction of sp³-hybridized carbons (Fsp3) is 0.478. The second-order valence-electron chi connectivity index (χ2n) is 7.40. The molecule has 0 radical (unpaired) electrons. The third-order valence-corrected chi connectivity index (χ3v) is 5.77. The van der Waals surface area contributed by atoms with Crippen LogP contribution in [-0.2, 0) is 16.5 Å². The second kappa shape index (κ2) is 14.6. The summed E-state index contributed by atoms with van der Waals surface area (Å²) in [6.07, 6.45) is 11.8. The molecule has 0 atom stereocenters.